The van der Waals surface area contributed by atoms with Gasteiger partial charge in [-0.25, -0.2) is 0 Å². The zero-order valence-electron chi connectivity index (χ0n) is 9.33. The number of rotatable bonds is 2. The van der Waals surface area contributed by atoms with Crippen molar-refractivity contribution in [3.05, 3.63) is 0 Å². The van der Waals surface area contributed by atoms with Crippen molar-refractivity contribution in [1.29, 1.82) is 0 Å². The summed E-state index contributed by atoms with van der Waals surface area (Å²) in [6.07, 6.45) is 4.61. The lowest BCUT2D eigenvalue weighted by Crippen LogP contribution is -2.40. The number of likely N-dealkylation sites (tertiary alicyclic amines) is 1. The van der Waals surface area contributed by atoms with E-state index in [0.717, 1.165) is 26.1 Å². The molecule has 3 rings (SSSR count). The van der Waals surface area contributed by atoms with Crippen molar-refractivity contribution in [2.45, 2.75) is 37.3 Å². The van der Waals surface area contributed by atoms with Crippen LogP contribution in [0.4, 0.5) is 0 Å². The first-order valence-corrected chi connectivity index (χ1v) is 5.96. The molecule has 4 heteroatoms. The lowest BCUT2D eigenvalue weighted by atomic mass is 10.2. The highest BCUT2D eigenvalue weighted by Crippen LogP contribution is 2.40. The molecule has 0 bridgehead atoms. The molecule has 1 amide bonds. The van der Waals surface area contributed by atoms with Gasteiger partial charge in [0.05, 0.1) is 12.2 Å². The first-order chi connectivity index (χ1) is 7.21. The topological polar surface area (TPSA) is 35.6 Å². The Morgan fingerprint density at radius 2 is 2.33 bits per heavy atom. The Labute approximate surface area is 90.6 Å². The van der Waals surface area contributed by atoms with Crippen LogP contribution in [0, 0.1) is 0 Å². The molecule has 0 aromatic rings. The summed E-state index contributed by atoms with van der Waals surface area (Å²) in [5, 5.41) is 3.35. The van der Waals surface area contributed by atoms with Crippen molar-refractivity contribution in [3.8, 4) is 0 Å². The Balaban J connectivity index is 1.62. The SMILES string of the molecule is CN1CCCC1CN1CNC2(CC2)C1=O. The third-order valence-corrected chi connectivity index (χ3v) is 4.16. The highest BCUT2D eigenvalue weighted by atomic mass is 16.2. The molecule has 1 saturated carbocycles. The third kappa shape index (κ3) is 1.47. The van der Waals surface area contributed by atoms with Crippen molar-refractivity contribution in [1.82, 2.24) is 15.1 Å². The molecule has 1 N–H and O–H groups in total. The number of nitrogens with one attached hydrogen (secondary N) is 1. The zero-order chi connectivity index (χ0) is 10.5. The van der Waals surface area contributed by atoms with Crippen LogP contribution in [0.2, 0.25) is 0 Å². The van der Waals surface area contributed by atoms with Gasteiger partial charge in [-0.15, -0.1) is 0 Å². The maximum absolute atomic E-state index is 12.0. The van der Waals surface area contributed by atoms with E-state index in [0.29, 0.717) is 11.9 Å². The van der Waals surface area contributed by atoms with E-state index in [1.54, 1.807) is 0 Å². The molecule has 1 aliphatic carbocycles. The standard InChI is InChI=1S/C11H19N3O/c1-13-6-2-3-9(13)7-14-8-12-11(4-5-11)10(14)15/h9,12H,2-8H2,1H3. The second-order valence-corrected chi connectivity index (χ2v) is 5.22. The van der Waals surface area contributed by atoms with E-state index >= 15 is 0 Å². The predicted molar refractivity (Wildman–Crippen MR) is 57.3 cm³/mol. The molecule has 15 heavy (non-hydrogen) atoms. The Hall–Kier alpha value is -0.610. The molecule has 1 spiro atoms. The molecule has 84 valence electrons. The van der Waals surface area contributed by atoms with Gasteiger partial charge < -0.3 is 9.80 Å². The van der Waals surface area contributed by atoms with E-state index in [1.165, 1.54) is 19.4 Å². The van der Waals surface area contributed by atoms with Crippen molar-refractivity contribution in [3.63, 3.8) is 0 Å². The van der Waals surface area contributed by atoms with Crippen LogP contribution in [-0.4, -0.2) is 54.1 Å². The van der Waals surface area contributed by atoms with Gasteiger partial charge in [0.15, 0.2) is 0 Å². The van der Waals surface area contributed by atoms with Gasteiger partial charge in [-0.3, -0.25) is 10.1 Å². The highest BCUT2D eigenvalue weighted by molar-refractivity contribution is 5.91. The van der Waals surface area contributed by atoms with Crippen molar-refractivity contribution < 1.29 is 4.79 Å². The quantitative estimate of drug-likeness (QED) is 0.695. The number of likely N-dealkylation sites (N-methyl/N-ethyl adjacent to an activating group) is 1. The molecule has 0 aromatic carbocycles. The molecule has 3 aliphatic rings. The summed E-state index contributed by atoms with van der Waals surface area (Å²) in [6.45, 7) is 2.87. The maximum Gasteiger partial charge on any atom is 0.244 e. The van der Waals surface area contributed by atoms with Gasteiger partial charge in [-0.2, -0.15) is 0 Å². The normalized spacial score (nSPS) is 34.3. The average Bonchev–Trinajstić information content (AvgIpc) is 2.83. The number of nitrogens with zero attached hydrogens (tertiary/aromatic N) is 2. The molecule has 2 saturated heterocycles. The Bertz CT molecular complexity index is 288. The fourth-order valence-corrected chi connectivity index (χ4v) is 2.82. The lowest BCUT2D eigenvalue weighted by molar-refractivity contribution is -0.130. The predicted octanol–water partition coefficient (Wildman–Crippen LogP) is 0.00250. The first-order valence-electron chi connectivity index (χ1n) is 5.96. The van der Waals surface area contributed by atoms with Crippen molar-refractivity contribution in [2.24, 2.45) is 0 Å². The van der Waals surface area contributed by atoms with Crippen LogP contribution < -0.4 is 5.32 Å². The summed E-state index contributed by atoms with van der Waals surface area (Å²) in [4.78, 5) is 16.4. The molecular weight excluding hydrogens is 190 g/mol. The van der Waals surface area contributed by atoms with Crippen LogP contribution in [0.25, 0.3) is 0 Å². The van der Waals surface area contributed by atoms with E-state index in [2.05, 4.69) is 17.3 Å². The van der Waals surface area contributed by atoms with Gasteiger partial charge in [-0.1, -0.05) is 0 Å². The minimum atomic E-state index is -0.114. The minimum Gasteiger partial charge on any atom is -0.327 e. The summed E-state index contributed by atoms with van der Waals surface area (Å²) >= 11 is 0. The largest absolute Gasteiger partial charge is 0.327 e. The van der Waals surface area contributed by atoms with Crippen molar-refractivity contribution in [2.75, 3.05) is 26.8 Å². The maximum atomic E-state index is 12.0. The molecule has 1 atom stereocenters. The second kappa shape index (κ2) is 3.19. The summed E-state index contributed by atoms with van der Waals surface area (Å²) in [5.41, 5.74) is -0.114. The van der Waals surface area contributed by atoms with E-state index in [-0.39, 0.29) is 5.54 Å². The number of hydrogen-bond donors (Lipinski definition) is 1. The van der Waals surface area contributed by atoms with Crippen LogP contribution in [0.3, 0.4) is 0 Å². The molecule has 3 fully saturated rings. The zero-order valence-corrected chi connectivity index (χ0v) is 9.33. The molecule has 2 aliphatic heterocycles. The third-order valence-electron chi connectivity index (χ3n) is 4.16. The number of carbonyl (C=O) groups excluding carboxylic acids is 1. The molecule has 0 aromatic heterocycles. The lowest BCUT2D eigenvalue weighted by Gasteiger charge is -2.25. The van der Waals surface area contributed by atoms with Crippen LogP contribution in [-0.2, 0) is 4.79 Å². The fraction of sp³-hybridized carbons (Fsp3) is 0.909. The van der Waals surface area contributed by atoms with Crippen LogP contribution in [0.15, 0.2) is 0 Å². The van der Waals surface area contributed by atoms with Crippen LogP contribution in [0.5, 0.6) is 0 Å². The summed E-state index contributed by atoms with van der Waals surface area (Å²) in [7, 11) is 2.17. The van der Waals surface area contributed by atoms with E-state index < -0.39 is 0 Å². The minimum absolute atomic E-state index is 0.114. The monoisotopic (exact) mass is 209 g/mol. The van der Waals surface area contributed by atoms with Crippen LogP contribution in [0.1, 0.15) is 25.7 Å². The summed E-state index contributed by atoms with van der Waals surface area (Å²) in [5.74, 6) is 0.350. The fourth-order valence-electron chi connectivity index (χ4n) is 2.82. The molecule has 2 heterocycles. The number of carbonyl (C=O) groups is 1. The van der Waals surface area contributed by atoms with Gasteiger partial charge in [0.25, 0.3) is 0 Å². The molecule has 4 nitrogen and oxygen atoms in total. The summed E-state index contributed by atoms with van der Waals surface area (Å²) in [6, 6.07) is 0.588. The van der Waals surface area contributed by atoms with Crippen LogP contribution >= 0.6 is 0 Å². The highest BCUT2D eigenvalue weighted by Gasteiger charge is 2.55. The number of hydrogen-bond acceptors (Lipinski definition) is 3. The number of amides is 1. The molecule has 0 radical (unpaired) electrons. The van der Waals surface area contributed by atoms with Gasteiger partial charge in [-0.05, 0) is 39.3 Å². The van der Waals surface area contributed by atoms with Gasteiger partial charge >= 0.3 is 0 Å². The van der Waals surface area contributed by atoms with Crippen molar-refractivity contribution >= 4 is 5.91 Å². The van der Waals surface area contributed by atoms with Gasteiger partial charge in [0, 0.05) is 12.6 Å². The smallest absolute Gasteiger partial charge is 0.244 e. The van der Waals surface area contributed by atoms with E-state index in [1.807, 2.05) is 4.90 Å². The first kappa shape index (κ1) is 9.60. The Morgan fingerprint density at radius 1 is 1.53 bits per heavy atom. The summed E-state index contributed by atoms with van der Waals surface area (Å²) < 4.78 is 0. The average molecular weight is 209 g/mol. The Morgan fingerprint density at radius 3 is 2.87 bits per heavy atom. The van der Waals surface area contributed by atoms with Gasteiger partial charge in [0.1, 0.15) is 0 Å². The van der Waals surface area contributed by atoms with E-state index in [4.69, 9.17) is 0 Å². The molecule has 1 unspecified atom stereocenters. The Kier molecular flexibility index (Phi) is 2.04. The van der Waals surface area contributed by atoms with Gasteiger partial charge in [0.2, 0.25) is 5.91 Å². The van der Waals surface area contributed by atoms with E-state index in [9.17, 15) is 4.79 Å². The molecular formula is C11H19N3O. The second-order valence-electron chi connectivity index (χ2n) is 5.22.